The summed E-state index contributed by atoms with van der Waals surface area (Å²) in [5.41, 5.74) is 7.45. The van der Waals surface area contributed by atoms with Gasteiger partial charge in [-0.1, -0.05) is 6.07 Å². The van der Waals surface area contributed by atoms with Gasteiger partial charge in [0.25, 0.3) is 0 Å². The third kappa shape index (κ3) is 3.83. The summed E-state index contributed by atoms with van der Waals surface area (Å²) in [6.07, 6.45) is 0.869. The lowest BCUT2D eigenvalue weighted by Gasteiger charge is -2.03. The lowest BCUT2D eigenvalue weighted by Crippen LogP contribution is -2.21. The Morgan fingerprint density at radius 2 is 2.07 bits per heavy atom. The molecule has 0 saturated heterocycles. The highest BCUT2D eigenvalue weighted by molar-refractivity contribution is 5.11. The largest absolute Gasteiger partial charge is 0.395 e. The molecule has 4 heteroatoms. The normalized spacial score (nSPS) is 10.4. The zero-order valence-corrected chi connectivity index (χ0v) is 8.24. The van der Waals surface area contributed by atoms with E-state index in [1.165, 1.54) is 0 Å². The topological polar surface area (TPSA) is 71.2 Å². The van der Waals surface area contributed by atoms with Crippen LogP contribution >= 0.6 is 0 Å². The molecule has 1 heterocycles. The molecule has 0 fully saturated rings. The van der Waals surface area contributed by atoms with E-state index in [-0.39, 0.29) is 6.61 Å². The van der Waals surface area contributed by atoms with Gasteiger partial charge in [0.2, 0.25) is 0 Å². The monoisotopic (exact) mass is 195 g/mol. The summed E-state index contributed by atoms with van der Waals surface area (Å²) in [6, 6.07) is 5.88. The summed E-state index contributed by atoms with van der Waals surface area (Å²) in [6.45, 7) is 2.13. The van der Waals surface area contributed by atoms with Crippen LogP contribution < -0.4 is 11.1 Å². The second kappa shape index (κ2) is 6.48. The molecule has 0 radical (unpaired) electrons. The van der Waals surface area contributed by atoms with Crippen LogP contribution in [0.4, 0.5) is 0 Å². The highest BCUT2D eigenvalue weighted by atomic mass is 16.3. The van der Waals surface area contributed by atoms with Crippen LogP contribution in [0.5, 0.6) is 0 Å². The van der Waals surface area contributed by atoms with E-state index < -0.39 is 0 Å². The molecule has 78 valence electrons. The van der Waals surface area contributed by atoms with Crippen molar-refractivity contribution in [3.05, 3.63) is 29.6 Å². The van der Waals surface area contributed by atoms with Crippen LogP contribution in [0.15, 0.2) is 18.2 Å². The fourth-order valence-electron chi connectivity index (χ4n) is 1.20. The molecule has 0 aliphatic heterocycles. The number of nitrogens with two attached hydrogens (primary N) is 1. The van der Waals surface area contributed by atoms with Crippen LogP contribution in [0, 0.1) is 0 Å². The number of hydrogen-bond donors (Lipinski definition) is 3. The Bertz CT molecular complexity index is 265. The van der Waals surface area contributed by atoms with E-state index in [4.69, 9.17) is 10.8 Å². The number of pyridine rings is 1. The van der Waals surface area contributed by atoms with Gasteiger partial charge >= 0.3 is 0 Å². The predicted octanol–water partition coefficient (Wildman–Crippen LogP) is -0.335. The van der Waals surface area contributed by atoms with Crippen LogP contribution in [-0.4, -0.2) is 29.8 Å². The van der Waals surface area contributed by atoms with E-state index in [1.54, 1.807) is 0 Å². The maximum atomic E-state index is 8.55. The van der Waals surface area contributed by atoms with Crippen molar-refractivity contribution in [2.45, 2.75) is 13.0 Å². The van der Waals surface area contributed by atoms with E-state index in [0.29, 0.717) is 13.1 Å². The summed E-state index contributed by atoms with van der Waals surface area (Å²) in [7, 11) is 0. The van der Waals surface area contributed by atoms with Gasteiger partial charge in [0, 0.05) is 31.7 Å². The third-order valence-electron chi connectivity index (χ3n) is 1.92. The van der Waals surface area contributed by atoms with Gasteiger partial charge < -0.3 is 16.2 Å². The first-order valence-electron chi connectivity index (χ1n) is 4.83. The lowest BCUT2D eigenvalue weighted by atomic mass is 10.2. The SMILES string of the molecule is NCc1cccc(CCNCCO)n1. The van der Waals surface area contributed by atoms with E-state index in [2.05, 4.69) is 10.3 Å². The molecule has 4 N–H and O–H groups in total. The molecule has 0 aliphatic rings. The first kappa shape index (κ1) is 11.1. The maximum absolute atomic E-state index is 8.55. The fourth-order valence-corrected chi connectivity index (χ4v) is 1.20. The number of nitrogens with one attached hydrogen (secondary N) is 1. The smallest absolute Gasteiger partial charge is 0.0555 e. The zero-order chi connectivity index (χ0) is 10.2. The molecule has 0 saturated carbocycles. The molecule has 0 unspecified atom stereocenters. The highest BCUT2D eigenvalue weighted by Crippen LogP contribution is 1.98. The molecular weight excluding hydrogens is 178 g/mol. The fraction of sp³-hybridized carbons (Fsp3) is 0.500. The Kier molecular flexibility index (Phi) is 5.14. The predicted molar refractivity (Wildman–Crippen MR) is 55.8 cm³/mol. The van der Waals surface area contributed by atoms with Gasteiger partial charge in [0.1, 0.15) is 0 Å². The van der Waals surface area contributed by atoms with E-state index in [9.17, 15) is 0 Å². The molecule has 0 spiro atoms. The van der Waals surface area contributed by atoms with Crippen molar-refractivity contribution in [1.29, 1.82) is 0 Å². The van der Waals surface area contributed by atoms with Crippen molar-refractivity contribution in [2.24, 2.45) is 5.73 Å². The molecule has 4 nitrogen and oxygen atoms in total. The van der Waals surface area contributed by atoms with Crippen LogP contribution in [0.25, 0.3) is 0 Å². The Labute approximate surface area is 84.2 Å². The highest BCUT2D eigenvalue weighted by Gasteiger charge is 1.95. The number of nitrogens with zero attached hydrogens (tertiary/aromatic N) is 1. The van der Waals surface area contributed by atoms with Gasteiger partial charge in [-0.15, -0.1) is 0 Å². The average molecular weight is 195 g/mol. The Hall–Kier alpha value is -0.970. The first-order valence-corrected chi connectivity index (χ1v) is 4.83. The number of aliphatic hydroxyl groups is 1. The van der Waals surface area contributed by atoms with Gasteiger partial charge in [-0.25, -0.2) is 0 Å². The van der Waals surface area contributed by atoms with Crippen molar-refractivity contribution < 1.29 is 5.11 Å². The second-order valence-electron chi connectivity index (χ2n) is 3.05. The summed E-state index contributed by atoms with van der Waals surface area (Å²) >= 11 is 0. The first-order chi connectivity index (χ1) is 6.86. The lowest BCUT2D eigenvalue weighted by molar-refractivity contribution is 0.292. The number of aliphatic hydroxyl groups excluding tert-OH is 1. The van der Waals surface area contributed by atoms with Crippen molar-refractivity contribution in [3.63, 3.8) is 0 Å². The number of aromatic nitrogens is 1. The summed E-state index contributed by atoms with van der Waals surface area (Å²) in [5.74, 6) is 0. The average Bonchev–Trinajstić information content (AvgIpc) is 2.25. The minimum Gasteiger partial charge on any atom is -0.395 e. The maximum Gasteiger partial charge on any atom is 0.0555 e. The molecular formula is C10H17N3O. The molecule has 0 amide bonds. The second-order valence-corrected chi connectivity index (χ2v) is 3.05. The molecule has 0 atom stereocenters. The van der Waals surface area contributed by atoms with Crippen molar-refractivity contribution in [3.8, 4) is 0 Å². The van der Waals surface area contributed by atoms with Crippen molar-refractivity contribution in [2.75, 3.05) is 19.7 Å². The Balaban J connectivity index is 2.34. The van der Waals surface area contributed by atoms with E-state index >= 15 is 0 Å². The molecule has 1 aromatic heterocycles. The summed E-state index contributed by atoms with van der Waals surface area (Å²) < 4.78 is 0. The Morgan fingerprint density at radius 3 is 2.79 bits per heavy atom. The minimum absolute atomic E-state index is 0.177. The minimum atomic E-state index is 0.177. The molecule has 1 rings (SSSR count). The van der Waals surface area contributed by atoms with Gasteiger partial charge in [0.05, 0.1) is 12.3 Å². The molecule has 0 aromatic carbocycles. The third-order valence-corrected chi connectivity index (χ3v) is 1.92. The van der Waals surface area contributed by atoms with Gasteiger partial charge in [-0.3, -0.25) is 4.98 Å². The summed E-state index contributed by atoms with van der Waals surface area (Å²) in [5, 5.41) is 11.7. The van der Waals surface area contributed by atoms with Crippen LogP contribution in [-0.2, 0) is 13.0 Å². The quantitative estimate of drug-likeness (QED) is 0.543. The van der Waals surface area contributed by atoms with Crippen molar-refractivity contribution in [1.82, 2.24) is 10.3 Å². The van der Waals surface area contributed by atoms with Gasteiger partial charge in [-0.2, -0.15) is 0 Å². The molecule has 14 heavy (non-hydrogen) atoms. The number of hydrogen-bond acceptors (Lipinski definition) is 4. The van der Waals surface area contributed by atoms with Crippen LogP contribution in [0.2, 0.25) is 0 Å². The zero-order valence-electron chi connectivity index (χ0n) is 8.24. The van der Waals surface area contributed by atoms with E-state index in [0.717, 1.165) is 24.4 Å². The molecule has 0 bridgehead atoms. The van der Waals surface area contributed by atoms with Crippen LogP contribution in [0.1, 0.15) is 11.4 Å². The number of rotatable bonds is 6. The van der Waals surface area contributed by atoms with Crippen molar-refractivity contribution >= 4 is 0 Å². The van der Waals surface area contributed by atoms with Crippen LogP contribution in [0.3, 0.4) is 0 Å². The molecule has 0 aliphatic carbocycles. The van der Waals surface area contributed by atoms with E-state index in [1.807, 2.05) is 18.2 Å². The van der Waals surface area contributed by atoms with Gasteiger partial charge in [-0.05, 0) is 12.1 Å². The summed E-state index contributed by atoms with van der Waals surface area (Å²) in [4.78, 5) is 4.36. The standard InChI is InChI=1S/C10H17N3O/c11-8-10-3-1-2-9(13-10)4-5-12-6-7-14/h1-3,12,14H,4-8,11H2. The van der Waals surface area contributed by atoms with Gasteiger partial charge in [0.15, 0.2) is 0 Å². The molecule has 1 aromatic rings. The Morgan fingerprint density at radius 1 is 1.29 bits per heavy atom.